The normalized spacial score (nSPS) is 12.2. The van der Waals surface area contributed by atoms with E-state index in [9.17, 15) is 4.79 Å². The van der Waals surface area contributed by atoms with Gasteiger partial charge in [-0.15, -0.1) is 0 Å². The van der Waals surface area contributed by atoms with Crippen molar-refractivity contribution >= 4 is 5.91 Å². The van der Waals surface area contributed by atoms with Gasteiger partial charge in [0.1, 0.15) is 0 Å². The molecule has 0 saturated carbocycles. The Hall–Kier alpha value is -2.07. The molecular formula is C17H22N2O2. The summed E-state index contributed by atoms with van der Waals surface area (Å²) < 4.78 is 2.17. The molecule has 1 aromatic heterocycles. The van der Waals surface area contributed by atoms with Crippen molar-refractivity contribution in [3.8, 4) is 0 Å². The Bertz CT molecular complexity index is 617. The standard InChI is InChI=1S/C17H22N2O2/c1-12-11-16(17(21)18-9-10-20)14(3)19(12)13(2)15-7-5-4-6-8-15/h4-8,11,13,20H,9-10H2,1-3H3,(H,18,21). The third-order valence-corrected chi connectivity index (χ3v) is 3.80. The minimum Gasteiger partial charge on any atom is -0.395 e. The Balaban J connectivity index is 2.33. The molecule has 1 aromatic carbocycles. The molecule has 0 aliphatic heterocycles. The summed E-state index contributed by atoms with van der Waals surface area (Å²) in [6.07, 6.45) is 0. The first-order chi connectivity index (χ1) is 10.1. The number of aliphatic hydroxyl groups is 1. The van der Waals surface area contributed by atoms with Gasteiger partial charge in [0.05, 0.1) is 18.2 Å². The number of nitrogens with one attached hydrogen (secondary N) is 1. The van der Waals surface area contributed by atoms with Crippen molar-refractivity contribution in [2.45, 2.75) is 26.8 Å². The van der Waals surface area contributed by atoms with Crippen LogP contribution in [0.1, 0.15) is 40.3 Å². The summed E-state index contributed by atoms with van der Waals surface area (Å²) in [6.45, 7) is 6.32. The summed E-state index contributed by atoms with van der Waals surface area (Å²) in [4.78, 5) is 12.1. The van der Waals surface area contributed by atoms with Gasteiger partial charge in [0.2, 0.25) is 0 Å². The van der Waals surface area contributed by atoms with Crippen molar-refractivity contribution in [1.29, 1.82) is 0 Å². The molecule has 0 fully saturated rings. The lowest BCUT2D eigenvalue weighted by Gasteiger charge is -2.19. The zero-order chi connectivity index (χ0) is 15.4. The third kappa shape index (κ3) is 3.16. The van der Waals surface area contributed by atoms with E-state index in [1.807, 2.05) is 38.1 Å². The fourth-order valence-corrected chi connectivity index (χ4v) is 2.75. The molecule has 0 spiro atoms. The molecule has 0 radical (unpaired) electrons. The van der Waals surface area contributed by atoms with Crippen molar-refractivity contribution < 1.29 is 9.90 Å². The largest absolute Gasteiger partial charge is 0.395 e. The number of rotatable bonds is 5. The van der Waals surface area contributed by atoms with E-state index in [0.717, 1.165) is 11.4 Å². The maximum absolute atomic E-state index is 12.1. The molecule has 2 N–H and O–H groups in total. The molecular weight excluding hydrogens is 264 g/mol. The second kappa shape index (κ2) is 6.59. The average Bonchev–Trinajstić information content (AvgIpc) is 2.80. The number of hydrogen-bond donors (Lipinski definition) is 2. The number of carbonyl (C=O) groups excluding carboxylic acids is 1. The monoisotopic (exact) mass is 286 g/mol. The van der Waals surface area contributed by atoms with Crippen LogP contribution in [-0.4, -0.2) is 28.7 Å². The summed E-state index contributed by atoms with van der Waals surface area (Å²) in [5, 5.41) is 11.5. The van der Waals surface area contributed by atoms with Crippen LogP contribution in [0.4, 0.5) is 0 Å². The van der Waals surface area contributed by atoms with Gasteiger partial charge >= 0.3 is 0 Å². The number of hydrogen-bond acceptors (Lipinski definition) is 2. The number of benzene rings is 1. The second-order valence-corrected chi connectivity index (χ2v) is 5.22. The smallest absolute Gasteiger partial charge is 0.253 e. The Morgan fingerprint density at radius 1 is 1.29 bits per heavy atom. The molecule has 1 unspecified atom stereocenters. The molecule has 1 amide bonds. The highest BCUT2D eigenvalue weighted by Gasteiger charge is 2.19. The third-order valence-electron chi connectivity index (χ3n) is 3.80. The second-order valence-electron chi connectivity index (χ2n) is 5.22. The highest BCUT2D eigenvalue weighted by Crippen LogP contribution is 2.25. The quantitative estimate of drug-likeness (QED) is 0.887. The number of carbonyl (C=O) groups is 1. The maximum Gasteiger partial charge on any atom is 0.253 e. The van der Waals surface area contributed by atoms with Crippen molar-refractivity contribution in [2.24, 2.45) is 0 Å². The summed E-state index contributed by atoms with van der Waals surface area (Å²) in [5.41, 5.74) is 3.88. The van der Waals surface area contributed by atoms with Crippen molar-refractivity contribution in [2.75, 3.05) is 13.2 Å². The van der Waals surface area contributed by atoms with Crippen LogP contribution in [0.5, 0.6) is 0 Å². The minimum absolute atomic E-state index is 0.0507. The van der Waals surface area contributed by atoms with Crippen LogP contribution in [0.2, 0.25) is 0 Å². The first kappa shape index (κ1) is 15.3. The van der Waals surface area contributed by atoms with Crippen LogP contribution in [0.3, 0.4) is 0 Å². The predicted molar refractivity (Wildman–Crippen MR) is 83.6 cm³/mol. The van der Waals surface area contributed by atoms with Crippen LogP contribution in [0.15, 0.2) is 36.4 Å². The molecule has 4 heteroatoms. The lowest BCUT2D eigenvalue weighted by molar-refractivity contribution is 0.0944. The Kier molecular flexibility index (Phi) is 4.81. The number of aliphatic hydroxyl groups excluding tert-OH is 1. The van der Waals surface area contributed by atoms with Gasteiger partial charge < -0.3 is 15.0 Å². The minimum atomic E-state index is -0.135. The van der Waals surface area contributed by atoms with E-state index in [2.05, 4.69) is 28.9 Å². The van der Waals surface area contributed by atoms with Crippen LogP contribution in [0, 0.1) is 13.8 Å². The number of nitrogens with zero attached hydrogens (tertiary/aromatic N) is 1. The zero-order valence-corrected chi connectivity index (χ0v) is 12.8. The first-order valence-electron chi connectivity index (χ1n) is 7.18. The molecule has 112 valence electrons. The zero-order valence-electron chi connectivity index (χ0n) is 12.8. The topological polar surface area (TPSA) is 54.3 Å². The molecule has 0 aliphatic rings. The number of aryl methyl sites for hydroxylation is 1. The Morgan fingerprint density at radius 3 is 2.57 bits per heavy atom. The van der Waals surface area contributed by atoms with E-state index in [4.69, 9.17) is 5.11 Å². The van der Waals surface area contributed by atoms with Crippen LogP contribution < -0.4 is 5.32 Å². The fourth-order valence-electron chi connectivity index (χ4n) is 2.75. The summed E-state index contributed by atoms with van der Waals surface area (Å²) >= 11 is 0. The molecule has 21 heavy (non-hydrogen) atoms. The van der Waals surface area contributed by atoms with Crippen LogP contribution in [0.25, 0.3) is 0 Å². The van der Waals surface area contributed by atoms with E-state index in [0.29, 0.717) is 5.56 Å². The highest BCUT2D eigenvalue weighted by atomic mass is 16.3. The van der Waals surface area contributed by atoms with Gasteiger partial charge in [-0.05, 0) is 32.4 Å². The molecule has 1 heterocycles. The van der Waals surface area contributed by atoms with E-state index < -0.39 is 0 Å². The molecule has 0 saturated heterocycles. The first-order valence-corrected chi connectivity index (χ1v) is 7.18. The van der Waals surface area contributed by atoms with E-state index in [-0.39, 0.29) is 25.1 Å². The molecule has 0 bridgehead atoms. The van der Waals surface area contributed by atoms with E-state index in [1.165, 1.54) is 5.56 Å². The Labute approximate surface area is 125 Å². The van der Waals surface area contributed by atoms with Gasteiger partial charge in [-0.3, -0.25) is 4.79 Å². The number of amides is 1. The molecule has 4 nitrogen and oxygen atoms in total. The SMILES string of the molecule is Cc1cc(C(=O)NCCO)c(C)n1C(C)c1ccccc1. The van der Waals surface area contributed by atoms with Gasteiger partial charge in [0.15, 0.2) is 0 Å². The van der Waals surface area contributed by atoms with Crippen LogP contribution >= 0.6 is 0 Å². The summed E-state index contributed by atoms with van der Waals surface area (Å²) in [5.74, 6) is -0.135. The van der Waals surface area contributed by atoms with Gasteiger partial charge in [0.25, 0.3) is 5.91 Å². The van der Waals surface area contributed by atoms with Crippen LogP contribution in [-0.2, 0) is 0 Å². The van der Waals surface area contributed by atoms with Gasteiger partial charge in [0, 0.05) is 17.9 Å². The molecule has 1 atom stereocenters. The van der Waals surface area contributed by atoms with Gasteiger partial charge in [-0.25, -0.2) is 0 Å². The van der Waals surface area contributed by atoms with E-state index >= 15 is 0 Å². The molecule has 2 rings (SSSR count). The van der Waals surface area contributed by atoms with Crippen molar-refractivity contribution in [1.82, 2.24) is 9.88 Å². The highest BCUT2D eigenvalue weighted by molar-refractivity contribution is 5.95. The van der Waals surface area contributed by atoms with Crippen molar-refractivity contribution in [3.05, 3.63) is 58.9 Å². The molecule has 2 aromatic rings. The maximum atomic E-state index is 12.1. The molecule has 0 aliphatic carbocycles. The lowest BCUT2D eigenvalue weighted by Crippen LogP contribution is -2.26. The lowest BCUT2D eigenvalue weighted by atomic mass is 10.1. The van der Waals surface area contributed by atoms with Gasteiger partial charge in [-0.2, -0.15) is 0 Å². The summed E-state index contributed by atoms with van der Waals surface area (Å²) in [6, 6.07) is 12.3. The fraction of sp³-hybridized carbons (Fsp3) is 0.353. The predicted octanol–water partition coefficient (Wildman–Crippen LogP) is 2.44. The number of aromatic nitrogens is 1. The van der Waals surface area contributed by atoms with Crippen molar-refractivity contribution in [3.63, 3.8) is 0 Å². The summed E-state index contributed by atoms with van der Waals surface area (Å²) in [7, 11) is 0. The Morgan fingerprint density at radius 2 is 1.95 bits per heavy atom. The average molecular weight is 286 g/mol. The van der Waals surface area contributed by atoms with Gasteiger partial charge in [-0.1, -0.05) is 30.3 Å². The van der Waals surface area contributed by atoms with E-state index in [1.54, 1.807) is 0 Å².